The molecular weight excluding hydrogens is 468 g/mol. The van der Waals surface area contributed by atoms with Gasteiger partial charge in [-0.2, -0.15) is 10.1 Å². The quantitative estimate of drug-likeness (QED) is 0.152. The number of rotatable bonds is 13. The molecule has 2 saturated heterocycles. The highest BCUT2D eigenvalue weighted by Crippen LogP contribution is 2.43. The van der Waals surface area contributed by atoms with Gasteiger partial charge in [-0.1, -0.05) is 39.0 Å². The number of ether oxygens (including phenoxy) is 1. The molecule has 2 heterocycles. The SMILES string of the molecule is CCCCCCCCON1C(C)(C)CC(OC(=O)CC(=O)C2CC(C)(C)N(OC)C(C)(C)C2)CC1(C)C. The largest absolute Gasteiger partial charge is 0.462 e. The van der Waals surface area contributed by atoms with Crippen molar-refractivity contribution in [3.8, 4) is 0 Å². The van der Waals surface area contributed by atoms with Crippen molar-refractivity contribution in [1.29, 1.82) is 0 Å². The van der Waals surface area contributed by atoms with E-state index < -0.39 is 5.97 Å². The van der Waals surface area contributed by atoms with Gasteiger partial charge >= 0.3 is 5.97 Å². The predicted molar refractivity (Wildman–Crippen MR) is 148 cm³/mol. The van der Waals surface area contributed by atoms with E-state index in [9.17, 15) is 9.59 Å². The summed E-state index contributed by atoms with van der Waals surface area (Å²) >= 11 is 0. The molecule has 0 spiro atoms. The third kappa shape index (κ3) is 8.74. The summed E-state index contributed by atoms with van der Waals surface area (Å²) in [7, 11) is 1.68. The molecule has 0 radical (unpaired) electrons. The van der Waals surface area contributed by atoms with E-state index in [0.717, 1.165) is 6.42 Å². The van der Waals surface area contributed by atoms with Crippen molar-refractivity contribution < 1.29 is 24.0 Å². The van der Waals surface area contributed by atoms with Gasteiger partial charge in [0.2, 0.25) is 0 Å². The summed E-state index contributed by atoms with van der Waals surface area (Å²) < 4.78 is 5.92. The summed E-state index contributed by atoms with van der Waals surface area (Å²) in [6.07, 6.45) is 9.66. The van der Waals surface area contributed by atoms with Gasteiger partial charge in [0.25, 0.3) is 0 Å². The molecule has 0 saturated carbocycles. The number of unbranched alkanes of at least 4 members (excludes halogenated alkanes) is 5. The third-order valence-corrected chi connectivity index (χ3v) is 8.12. The summed E-state index contributed by atoms with van der Waals surface area (Å²) in [6.45, 7) is 19.9. The van der Waals surface area contributed by atoms with Crippen LogP contribution in [-0.2, 0) is 24.0 Å². The number of carbonyl (C=O) groups is 2. The normalized spacial score (nSPS) is 24.2. The number of hydrogen-bond acceptors (Lipinski definition) is 7. The molecule has 0 amide bonds. The van der Waals surface area contributed by atoms with Gasteiger partial charge in [0, 0.05) is 40.9 Å². The van der Waals surface area contributed by atoms with Crippen LogP contribution < -0.4 is 0 Å². The van der Waals surface area contributed by atoms with Gasteiger partial charge in [-0.25, -0.2) is 0 Å². The molecule has 7 heteroatoms. The molecule has 2 aliphatic heterocycles. The highest BCUT2D eigenvalue weighted by atomic mass is 16.7. The number of nitrogens with zero attached hydrogens (tertiary/aromatic N) is 2. The maximum Gasteiger partial charge on any atom is 0.313 e. The average molecular weight is 525 g/mol. The van der Waals surface area contributed by atoms with E-state index >= 15 is 0 Å². The Morgan fingerprint density at radius 1 is 0.730 bits per heavy atom. The van der Waals surface area contributed by atoms with Crippen LogP contribution in [0.3, 0.4) is 0 Å². The van der Waals surface area contributed by atoms with Crippen molar-refractivity contribution in [2.24, 2.45) is 5.92 Å². The van der Waals surface area contributed by atoms with Gasteiger partial charge in [0.1, 0.15) is 18.3 Å². The van der Waals surface area contributed by atoms with Crippen molar-refractivity contribution in [2.45, 2.75) is 161 Å². The van der Waals surface area contributed by atoms with Gasteiger partial charge < -0.3 is 9.57 Å². The first-order valence-electron chi connectivity index (χ1n) is 14.6. The Labute approximate surface area is 226 Å². The van der Waals surface area contributed by atoms with Crippen LogP contribution in [0.25, 0.3) is 0 Å². The van der Waals surface area contributed by atoms with Crippen LogP contribution in [0.5, 0.6) is 0 Å². The molecule has 0 unspecified atom stereocenters. The molecule has 0 bridgehead atoms. The standard InChI is InChI=1S/C30H56N2O5/c1-11-12-13-14-15-16-17-36-32-29(6,7)21-24(22-30(32,8)9)37-26(34)18-25(33)23-19-27(2,3)31(35-10)28(4,5)20-23/h23-24H,11-22H2,1-10H3. The minimum atomic E-state index is -0.409. The van der Waals surface area contributed by atoms with Crippen LogP contribution in [0.1, 0.15) is 133 Å². The minimum Gasteiger partial charge on any atom is -0.462 e. The lowest BCUT2D eigenvalue weighted by Gasteiger charge is -2.53. The van der Waals surface area contributed by atoms with E-state index in [0.29, 0.717) is 32.3 Å². The maximum atomic E-state index is 13.2. The summed E-state index contributed by atoms with van der Waals surface area (Å²) in [5.41, 5.74) is -1.14. The second kappa shape index (κ2) is 12.9. The van der Waals surface area contributed by atoms with E-state index in [2.05, 4.69) is 67.4 Å². The van der Waals surface area contributed by atoms with Crippen molar-refractivity contribution in [3.63, 3.8) is 0 Å². The fraction of sp³-hybridized carbons (Fsp3) is 0.933. The van der Waals surface area contributed by atoms with Gasteiger partial charge in [0.05, 0.1) is 13.7 Å². The summed E-state index contributed by atoms with van der Waals surface area (Å²) in [6, 6.07) is 0. The number of hydrogen-bond donors (Lipinski definition) is 0. The van der Waals surface area contributed by atoms with Gasteiger partial charge in [-0.15, -0.1) is 0 Å². The molecule has 216 valence electrons. The Kier molecular flexibility index (Phi) is 11.2. The Hall–Kier alpha value is -1.02. The highest BCUT2D eigenvalue weighted by Gasteiger charge is 2.49. The van der Waals surface area contributed by atoms with Crippen molar-refractivity contribution in [3.05, 3.63) is 0 Å². The second-order valence-corrected chi connectivity index (χ2v) is 13.9. The topological polar surface area (TPSA) is 68.3 Å². The van der Waals surface area contributed by atoms with Crippen molar-refractivity contribution in [1.82, 2.24) is 10.1 Å². The molecule has 0 N–H and O–H groups in total. The van der Waals surface area contributed by atoms with Crippen LogP contribution >= 0.6 is 0 Å². The number of carbonyl (C=O) groups excluding carboxylic acids is 2. The van der Waals surface area contributed by atoms with Gasteiger partial charge in [-0.3, -0.25) is 14.4 Å². The van der Waals surface area contributed by atoms with Gasteiger partial charge in [-0.05, 0) is 74.7 Å². The van der Waals surface area contributed by atoms with E-state index in [4.69, 9.17) is 14.4 Å². The lowest BCUT2D eigenvalue weighted by atomic mass is 9.73. The molecule has 0 aliphatic carbocycles. The van der Waals surface area contributed by atoms with Gasteiger partial charge in [0.15, 0.2) is 0 Å². The number of ketones is 1. The molecule has 37 heavy (non-hydrogen) atoms. The first-order chi connectivity index (χ1) is 17.1. The Morgan fingerprint density at radius 3 is 1.73 bits per heavy atom. The number of hydroxylamine groups is 4. The molecule has 2 fully saturated rings. The van der Waals surface area contributed by atoms with Crippen LogP contribution in [0.15, 0.2) is 0 Å². The zero-order chi connectivity index (χ0) is 28.1. The van der Waals surface area contributed by atoms with E-state index in [1.54, 1.807) is 7.11 Å². The number of Topliss-reactive ketones (excluding diaryl/α,β-unsaturated/α-hetero) is 1. The van der Waals surface area contributed by atoms with Crippen LogP contribution in [-0.4, -0.2) is 63.9 Å². The Bertz CT molecular complexity index is 725. The summed E-state index contributed by atoms with van der Waals surface area (Å²) in [5.74, 6) is -0.623. The Morgan fingerprint density at radius 2 is 1.22 bits per heavy atom. The smallest absolute Gasteiger partial charge is 0.313 e. The van der Waals surface area contributed by atoms with Crippen LogP contribution in [0.2, 0.25) is 0 Å². The molecule has 7 nitrogen and oxygen atoms in total. The highest BCUT2D eigenvalue weighted by molar-refractivity contribution is 5.97. The number of piperidine rings is 2. The van der Waals surface area contributed by atoms with Crippen molar-refractivity contribution in [2.75, 3.05) is 13.7 Å². The zero-order valence-corrected chi connectivity index (χ0v) is 25.6. The van der Waals surface area contributed by atoms with E-state index in [-0.39, 0.29) is 46.4 Å². The molecule has 0 atom stereocenters. The predicted octanol–water partition coefficient (Wildman–Crippen LogP) is 6.63. The lowest BCUT2D eigenvalue weighted by Crippen LogP contribution is -2.62. The molecule has 0 aromatic heterocycles. The zero-order valence-electron chi connectivity index (χ0n) is 25.6. The minimum absolute atomic E-state index is 0.0277. The lowest BCUT2D eigenvalue weighted by molar-refractivity contribution is -0.293. The molecule has 0 aromatic rings. The fourth-order valence-electron chi connectivity index (χ4n) is 7.14. The summed E-state index contributed by atoms with van der Waals surface area (Å²) in [5, 5.41) is 4.10. The maximum absolute atomic E-state index is 13.2. The number of esters is 1. The monoisotopic (exact) mass is 524 g/mol. The molecular formula is C30H56N2O5. The first-order valence-corrected chi connectivity index (χ1v) is 14.6. The molecule has 2 rings (SSSR count). The van der Waals surface area contributed by atoms with E-state index in [1.165, 1.54) is 32.1 Å². The summed E-state index contributed by atoms with van der Waals surface area (Å²) in [4.78, 5) is 38.0. The first kappa shape index (κ1) is 32.2. The average Bonchev–Trinajstić information content (AvgIpc) is 2.72. The van der Waals surface area contributed by atoms with E-state index in [1.807, 2.05) is 5.06 Å². The molecule has 0 aromatic carbocycles. The van der Waals surface area contributed by atoms with Crippen LogP contribution in [0.4, 0.5) is 0 Å². The third-order valence-electron chi connectivity index (χ3n) is 8.12. The second-order valence-electron chi connectivity index (χ2n) is 13.9. The molecule has 2 aliphatic rings. The van der Waals surface area contributed by atoms with Crippen LogP contribution in [0, 0.1) is 5.92 Å². The Balaban J connectivity index is 1.89. The van der Waals surface area contributed by atoms with Crippen molar-refractivity contribution >= 4 is 11.8 Å². The fourth-order valence-corrected chi connectivity index (χ4v) is 7.14.